The lowest BCUT2D eigenvalue weighted by atomic mass is 9.77. The van der Waals surface area contributed by atoms with Crippen molar-refractivity contribution in [2.45, 2.75) is 109 Å². The van der Waals surface area contributed by atoms with E-state index in [0.717, 1.165) is 55.7 Å². The van der Waals surface area contributed by atoms with Gasteiger partial charge in [-0.3, -0.25) is 9.40 Å². The molecule has 2 heterocycles. The van der Waals surface area contributed by atoms with Gasteiger partial charge < -0.3 is 14.6 Å². The van der Waals surface area contributed by atoms with Crippen molar-refractivity contribution in [3.63, 3.8) is 0 Å². The summed E-state index contributed by atoms with van der Waals surface area (Å²) < 4.78 is 17.2. The van der Waals surface area contributed by atoms with Crippen LogP contribution in [-0.2, 0) is 41.5 Å². The number of aromatic nitrogens is 2. The van der Waals surface area contributed by atoms with E-state index in [1.54, 1.807) is 0 Å². The van der Waals surface area contributed by atoms with Crippen molar-refractivity contribution in [2.75, 3.05) is 5.32 Å². The summed E-state index contributed by atoms with van der Waals surface area (Å²) >= 11 is 1.26. The predicted octanol–water partition coefficient (Wildman–Crippen LogP) is 5.81. The fourth-order valence-corrected chi connectivity index (χ4v) is 6.11. The van der Waals surface area contributed by atoms with Crippen LogP contribution in [0.4, 0.5) is 10.5 Å². The average Bonchev–Trinajstić information content (AvgIpc) is 3.58. The van der Waals surface area contributed by atoms with Gasteiger partial charge in [0.25, 0.3) is 0 Å². The number of amides is 2. The Kier molecular flexibility index (Phi) is 7.18. The zero-order valence-corrected chi connectivity index (χ0v) is 23.1. The van der Waals surface area contributed by atoms with E-state index in [1.807, 2.05) is 16.9 Å². The van der Waals surface area contributed by atoms with Gasteiger partial charge in [-0.15, -0.1) is 0 Å². The Morgan fingerprint density at radius 2 is 1.75 bits per heavy atom. The zero-order chi connectivity index (χ0) is 25.5. The lowest BCUT2D eigenvalue weighted by molar-refractivity contribution is 0.00578. The second-order valence-electron chi connectivity index (χ2n) is 11.6. The molecule has 1 fully saturated rings. The van der Waals surface area contributed by atoms with Crippen LogP contribution in [0.3, 0.4) is 0 Å². The van der Waals surface area contributed by atoms with Gasteiger partial charge in [-0.25, -0.2) is 4.79 Å². The molecule has 2 aliphatic carbocycles. The maximum atomic E-state index is 12.8. The molecule has 0 spiro atoms. The van der Waals surface area contributed by atoms with Gasteiger partial charge in [0.2, 0.25) is 0 Å². The highest BCUT2D eigenvalue weighted by atomic mass is 32.2. The van der Waals surface area contributed by atoms with E-state index in [2.05, 4.69) is 55.8 Å². The van der Waals surface area contributed by atoms with Crippen LogP contribution in [0.15, 0.2) is 23.4 Å². The fraction of sp³-hybridized carbons (Fsp3) is 0.630. The van der Waals surface area contributed by atoms with Gasteiger partial charge in [-0.1, -0.05) is 13.0 Å². The van der Waals surface area contributed by atoms with E-state index in [0.29, 0.717) is 5.92 Å². The molecule has 9 heteroatoms. The van der Waals surface area contributed by atoms with E-state index in [-0.39, 0.29) is 24.4 Å². The summed E-state index contributed by atoms with van der Waals surface area (Å²) in [7, 11) is -0.163. The van der Waals surface area contributed by atoms with E-state index < -0.39 is 0 Å². The number of carbonyl (C=O) groups excluding carboxylic acids is 1. The van der Waals surface area contributed by atoms with Crippen LogP contribution in [0.2, 0.25) is 6.32 Å². The first kappa shape index (κ1) is 25.7. The molecule has 2 amide bonds. The molecule has 1 aromatic heterocycles. The summed E-state index contributed by atoms with van der Waals surface area (Å²) in [6.45, 7) is 11.4. The first-order valence-electron chi connectivity index (χ1n) is 13.4. The summed E-state index contributed by atoms with van der Waals surface area (Å²) in [5.74, 6) is 0.443. The molecule has 0 radical (unpaired) electrons. The molecule has 2 N–H and O–H groups in total. The van der Waals surface area contributed by atoms with Gasteiger partial charge >= 0.3 is 13.1 Å². The largest absolute Gasteiger partial charge is 0.458 e. The lowest BCUT2D eigenvalue weighted by Gasteiger charge is -2.32. The summed E-state index contributed by atoms with van der Waals surface area (Å²) in [6.07, 6.45) is 10.5. The van der Waals surface area contributed by atoms with Crippen LogP contribution >= 0.6 is 11.9 Å². The number of rotatable bonds is 8. The van der Waals surface area contributed by atoms with E-state index in [1.165, 1.54) is 47.0 Å². The number of carbonyl (C=O) groups is 1. The molecule has 0 saturated carbocycles. The maximum absolute atomic E-state index is 12.8. The first-order valence-corrected chi connectivity index (χ1v) is 14.2. The molecular formula is C27H39BN4O3S. The van der Waals surface area contributed by atoms with Crippen molar-refractivity contribution < 1.29 is 14.1 Å². The minimum atomic E-state index is -0.286. The standard InChI is InChI=1S/C27H39BN4O3S/c1-18(17-28-34-26(2,3)27(4,5)35-28)12-14-32-15-13-23(30-32)36-31-25(33)29-24-21-10-6-8-19(21)16-20-9-7-11-22(20)24/h13,15-16,18H,6-12,14,17H2,1-5H3,(H2,29,31,33). The topological polar surface area (TPSA) is 77.4 Å². The molecule has 194 valence electrons. The third kappa shape index (κ3) is 5.34. The molecule has 5 rings (SSSR count). The van der Waals surface area contributed by atoms with Crippen molar-refractivity contribution in [2.24, 2.45) is 5.92 Å². The van der Waals surface area contributed by atoms with Crippen molar-refractivity contribution in [1.29, 1.82) is 0 Å². The number of benzene rings is 1. The molecule has 2 aromatic rings. The van der Waals surface area contributed by atoms with E-state index >= 15 is 0 Å². The minimum absolute atomic E-state index is 0.163. The number of nitrogens with zero attached hydrogens (tertiary/aromatic N) is 2. The Balaban J connectivity index is 1.09. The monoisotopic (exact) mass is 510 g/mol. The highest BCUT2D eigenvalue weighted by molar-refractivity contribution is 7.97. The second kappa shape index (κ2) is 10.1. The van der Waals surface area contributed by atoms with Gasteiger partial charge in [-0.05, 0) is 113 Å². The Labute approximate surface area is 219 Å². The normalized spacial score (nSPS) is 20.3. The van der Waals surface area contributed by atoms with Crippen LogP contribution in [0.5, 0.6) is 0 Å². The molecule has 1 unspecified atom stereocenters. The van der Waals surface area contributed by atoms with Crippen LogP contribution in [-0.4, -0.2) is 34.1 Å². The van der Waals surface area contributed by atoms with Gasteiger partial charge in [0, 0.05) is 30.4 Å². The molecule has 0 bridgehead atoms. The number of hydrogen-bond donors (Lipinski definition) is 2. The quantitative estimate of drug-likeness (QED) is 0.346. The summed E-state index contributed by atoms with van der Waals surface area (Å²) in [5.41, 5.74) is 6.02. The molecule has 1 aromatic carbocycles. The first-order chi connectivity index (χ1) is 17.1. The molecule has 36 heavy (non-hydrogen) atoms. The number of nitrogens with one attached hydrogen (secondary N) is 2. The SMILES string of the molecule is CC(CCn1ccc(SNC(=O)Nc2c3c(cc4c2CCC4)CCC3)n1)CB1OC(C)(C)C(C)(C)O1. The van der Waals surface area contributed by atoms with Crippen molar-refractivity contribution in [3.05, 3.63) is 40.6 Å². The lowest BCUT2D eigenvalue weighted by Crippen LogP contribution is -2.41. The number of anilines is 1. The number of urea groups is 1. The van der Waals surface area contributed by atoms with Gasteiger partial charge in [-0.2, -0.15) is 5.10 Å². The minimum Gasteiger partial charge on any atom is -0.403 e. The second-order valence-corrected chi connectivity index (χ2v) is 12.5. The Morgan fingerprint density at radius 3 is 2.39 bits per heavy atom. The van der Waals surface area contributed by atoms with Crippen LogP contribution in [0.25, 0.3) is 0 Å². The number of hydrogen-bond acceptors (Lipinski definition) is 5. The third-order valence-electron chi connectivity index (χ3n) is 8.32. The van der Waals surface area contributed by atoms with Gasteiger partial charge in [0.05, 0.1) is 11.2 Å². The Bertz CT molecular complexity index is 1080. The predicted molar refractivity (Wildman–Crippen MR) is 145 cm³/mol. The van der Waals surface area contributed by atoms with E-state index in [4.69, 9.17) is 9.31 Å². The smallest absolute Gasteiger partial charge is 0.403 e. The molecule has 1 aliphatic heterocycles. The molecule has 3 aliphatic rings. The molecular weight excluding hydrogens is 471 g/mol. The van der Waals surface area contributed by atoms with Crippen LogP contribution in [0.1, 0.15) is 76.1 Å². The third-order valence-corrected chi connectivity index (χ3v) is 9.04. The number of fused-ring (bicyclic) bond motifs is 2. The maximum Gasteiger partial charge on any atom is 0.458 e. The summed E-state index contributed by atoms with van der Waals surface area (Å²) in [6, 6.07) is 4.15. The highest BCUT2D eigenvalue weighted by Gasteiger charge is 2.51. The van der Waals surface area contributed by atoms with Gasteiger partial charge in [0.15, 0.2) is 0 Å². The van der Waals surface area contributed by atoms with Crippen molar-refractivity contribution in [3.8, 4) is 0 Å². The van der Waals surface area contributed by atoms with Crippen molar-refractivity contribution in [1.82, 2.24) is 14.5 Å². The van der Waals surface area contributed by atoms with E-state index in [9.17, 15) is 4.79 Å². The molecule has 7 nitrogen and oxygen atoms in total. The van der Waals surface area contributed by atoms with Crippen LogP contribution in [0, 0.1) is 5.92 Å². The number of aryl methyl sites for hydroxylation is 3. The summed E-state index contributed by atoms with van der Waals surface area (Å²) in [4.78, 5) is 12.8. The molecule has 1 atom stereocenters. The van der Waals surface area contributed by atoms with Gasteiger partial charge in [0.1, 0.15) is 5.03 Å². The fourth-order valence-electron chi connectivity index (χ4n) is 5.59. The summed E-state index contributed by atoms with van der Waals surface area (Å²) in [5, 5.41) is 8.59. The van der Waals surface area contributed by atoms with Crippen LogP contribution < -0.4 is 10.0 Å². The Hall–Kier alpha value is -1.97. The van der Waals surface area contributed by atoms with Crippen molar-refractivity contribution >= 4 is 30.8 Å². The zero-order valence-electron chi connectivity index (χ0n) is 22.3. The Morgan fingerprint density at radius 1 is 1.11 bits per heavy atom. The average molecular weight is 511 g/mol. The highest BCUT2D eigenvalue weighted by Crippen LogP contribution is 2.40. The molecule has 1 saturated heterocycles.